The van der Waals surface area contributed by atoms with Gasteiger partial charge in [-0.1, -0.05) is 29.8 Å². The van der Waals surface area contributed by atoms with Crippen LogP contribution in [0, 0.1) is 6.92 Å². The van der Waals surface area contributed by atoms with Gasteiger partial charge in [0.05, 0.1) is 11.6 Å². The summed E-state index contributed by atoms with van der Waals surface area (Å²) in [5.41, 5.74) is 14.9. The van der Waals surface area contributed by atoms with E-state index in [1.807, 2.05) is 12.1 Å². The molecule has 134 valence electrons. The van der Waals surface area contributed by atoms with E-state index >= 15 is 0 Å². The highest BCUT2D eigenvalue weighted by Crippen LogP contribution is 2.37. The lowest BCUT2D eigenvalue weighted by molar-refractivity contribution is 0.282. The first-order valence-electron chi connectivity index (χ1n) is 7.95. The first kappa shape index (κ1) is 18.1. The molecule has 2 aromatic rings. The highest BCUT2D eigenvalue weighted by Gasteiger charge is 2.14. The van der Waals surface area contributed by atoms with Crippen LogP contribution in [0.5, 0.6) is 11.5 Å². The van der Waals surface area contributed by atoms with Crippen LogP contribution in [-0.4, -0.2) is 13.4 Å². The van der Waals surface area contributed by atoms with E-state index in [9.17, 15) is 0 Å². The van der Waals surface area contributed by atoms with Gasteiger partial charge in [-0.2, -0.15) is 11.1 Å². The molecule has 0 aliphatic carbocycles. The molecule has 1 fully saturated rings. The SMILES string of the molecule is COc1cc(CNC2NNNN2)cc(Br)c1OCc1ccc(C)cc1. The van der Waals surface area contributed by atoms with Crippen molar-refractivity contribution in [1.82, 2.24) is 27.2 Å². The van der Waals surface area contributed by atoms with Crippen molar-refractivity contribution in [2.24, 2.45) is 0 Å². The van der Waals surface area contributed by atoms with Crippen LogP contribution in [0.2, 0.25) is 0 Å². The topological polar surface area (TPSA) is 78.6 Å². The Labute approximate surface area is 155 Å². The number of hydrogen-bond acceptors (Lipinski definition) is 7. The normalized spacial score (nSPS) is 14.7. The number of nitrogens with one attached hydrogen (secondary N) is 5. The number of rotatable bonds is 7. The van der Waals surface area contributed by atoms with Crippen LogP contribution < -0.4 is 36.7 Å². The van der Waals surface area contributed by atoms with E-state index in [1.54, 1.807) is 7.11 Å². The van der Waals surface area contributed by atoms with Crippen molar-refractivity contribution >= 4 is 15.9 Å². The van der Waals surface area contributed by atoms with Crippen molar-refractivity contribution in [2.75, 3.05) is 7.11 Å². The largest absolute Gasteiger partial charge is 0.493 e. The summed E-state index contributed by atoms with van der Waals surface area (Å²) in [6.45, 7) is 3.21. The minimum atomic E-state index is -0.0674. The molecule has 8 heteroatoms. The lowest BCUT2D eigenvalue weighted by Crippen LogP contribution is -2.46. The van der Waals surface area contributed by atoms with Gasteiger partial charge in [-0.05, 0) is 46.1 Å². The van der Waals surface area contributed by atoms with Gasteiger partial charge in [0.2, 0.25) is 0 Å². The maximum atomic E-state index is 5.98. The molecule has 3 rings (SSSR count). The third-order valence-electron chi connectivity index (χ3n) is 3.80. The average molecular weight is 408 g/mol. The Morgan fingerprint density at radius 1 is 1.08 bits per heavy atom. The van der Waals surface area contributed by atoms with Crippen molar-refractivity contribution in [3.63, 3.8) is 0 Å². The fourth-order valence-electron chi connectivity index (χ4n) is 2.43. The Hall–Kier alpha value is -1.68. The standard InChI is InChI=1S/C17H22BrN5O2/c1-11-3-5-12(6-4-11)10-25-16-14(18)7-13(8-15(16)24-2)9-19-17-20-22-23-21-17/h3-8,17,19-23H,9-10H2,1-2H3. The second-order valence-corrected chi connectivity index (χ2v) is 6.59. The fourth-order valence-corrected chi connectivity index (χ4v) is 3.03. The predicted octanol–water partition coefficient (Wildman–Crippen LogP) is 1.84. The van der Waals surface area contributed by atoms with E-state index in [-0.39, 0.29) is 6.29 Å². The zero-order valence-corrected chi connectivity index (χ0v) is 15.7. The molecule has 1 aliphatic heterocycles. The molecule has 0 saturated carbocycles. The first-order valence-corrected chi connectivity index (χ1v) is 8.74. The van der Waals surface area contributed by atoms with E-state index in [1.165, 1.54) is 5.56 Å². The summed E-state index contributed by atoms with van der Waals surface area (Å²) in [6.07, 6.45) is -0.0674. The van der Waals surface area contributed by atoms with Crippen LogP contribution in [-0.2, 0) is 13.2 Å². The van der Waals surface area contributed by atoms with Gasteiger partial charge in [0.25, 0.3) is 0 Å². The summed E-state index contributed by atoms with van der Waals surface area (Å²) in [7, 11) is 1.64. The second-order valence-electron chi connectivity index (χ2n) is 5.74. The number of halogens is 1. The number of ether oxygens (including phenoxy) is 2. The summed E-state index contributed by atoms with van der Waals surface area (Å²) in [4.78, 5) is 0. The maximum absolute atomic E-state index is 5.98. The average Bonchev–Trinajstić information content (AvgIpc) is 3.13. The number of hydrazine groups is 3. The van der Waals surface area contributed by atoms with Crippen LogP contribution in [0.15, 0.2) is 40.9 Å². The van der Waals surface area contributed by atoms with Crippen molar-refractivity contribution in [2.45, 2.75) is 26.4 Å². The van der Waals surface area contributed by atoms with E-state index in [0.717, 1.165) is 15.6 Å². The molecular weight excluding hydrogens is 386 g/mol. The number of aryl methyl sites for hydroxylation is 1. The Bertz CT molecular complexity index is 705. The highest BCUT2D eigenvalue weighted by molar-refractivity contribution is 9.10. The lowest BCUT2D eigenvalue weighted by atomic mass is 10.1. The van der Waals surface area contributed by atoms with Crippen LogP contribution in [0.3, 0.4) is 0 Å². The van der Waals surface area contributed by atoms with Gasteiger partial charge in [-0.15, -0.1) is 0 Å². The second kappa shape index (κ2) is 8.61. The lowest BCUT2D eigenvalue weighted by Gasteiger charge is -2.16. The minimum Gasteiger partial charge on any atom is -0.493 e. The molecule has 1 saturated heterocycles. The summed E-state index contributed by atoms with van der Waals surface area (Å²) in [5.74, 6) is 1.40. The molecule has 0 aromatic heterocycles. The van der Waals surface area contributed by atoms with E-state index < -0.39 is 0 Å². The van der Waals surface area contributed by atoms with Gasteiger partial charge in [-0.25, -0.2) is 10.9 Å². The summed E-state index contributed by atoms with van der Waals surface area (Å²) in [5, 5.41) is 3.29. The Morgan fingerprint density at radius 2 is 1.80 bits per heavy atom. The molecule has 0 atom stereocenters. The van der Waals surface area contributed by atoms with Crippen LogP contribution in [0.1, 0.15) is 16.7 Å². The van der Waals surface area contributed by atoms with E-state index in [0.29, 0.717) is 24.7 Å². The van der Waals surface area contributed by atoms with Gasteiger partial charge in [0, 0.05) is 6.54 Å². The highest BCUT2D eigenvalue weighted by atomic mass is 79.9. The fraction of sp³-hybridized carbons (Fsp3) is 0.294. The van der Waals surface area contributed by atoms with Gasteiger partial charge in [0.1, 0.15) is 12.9 Å². The number of hydrogen-bond donors (Lipinski definition) is 5. The Morgan fingerprint density at radius 3 is 2.48 bits per heavy atom. The zero-order valence-electron chi connectivity index (χ0n) is 14.2. The molecule has 2 aromatic carbocycles. The minimum absolute atomic E-state index is 0.0674. The molecule has 0 unspecified atom stereocenters. The van der Waals surface area contributed by atoms with E-state index in [4.69, 9.17) is 9.47 Å². The molecule has 5 N–H and O–H groups in total. The van der Waals surface area contributed by atoms with Crippen LogP contribution >= 0.6 is 15.9 Å². The number of benzene rings is 2. The van der Waals surface area contributed by atoms with Gasteiger partial charge in [-0.3, -0.25) is 5.32 Å². The van der Waals surface area contributed by atoms with Crippen molar-refractivity contribution in [3.05, 3.63) is 57.6 Å². The third kappa shape index (κ3) is 4.91. The smallest absolute Gasteiger partial charge is 0.175 e. The molecule has 7 nitrogen and oxygen atoms in total. The third-order valence-corrected chi connectivity index (χ3v) is 4.39. The number of methoxy groups -OCH3 is 1. The van der Waals surface area contributed by atoms with E-state index in [2.05, 4.69) is 74.4 Å². The molecule has 25 heavy (non-hydrogen) atoms. The Balaban J connectivity index is 1.67. The van der Waals surface area contributed by atoms with Crippen molar-refractivity contribution in [1.29, 1.82) is 0 Å². The summed E-state index contributed by atoms with van der Waals surface area (Å²) in [6, 6.07) is 12.3. The molecule has 0 spiro atoms. The van der Waals surface area contributed by atoms with Crippen molar-refractivity contribution in [3.8, 4) is 11.5 Å². The Kier molecular flexibility index (Phi) is 6.24. The molecular formula is C17H22BrN5O2. The monoisotopic (exact) mass is 407 g/mol. The molecule has 0 bridgehead atoms. The maximum Gasteiger partial charge on any atom is 0.175 e. The molecule has 1 aliphatic rings. The predicted molar refractivity (Wildman–Crippen MR) is 99.4 cm³/mol. The van der Waals surface area contributed by atoms with Gasteiger partial charge >= 0.3 is 0 Å². The van der Waals surface area contributed by atoms with Gasteiger partial charge < -0.3 is 9.47 Å². The van der Waals surface area contributed by atoms with Crippen LogP contribution in [0.4, 0.5) is 0 Å². The molecule has 0 amide bonds. The summed E-state index contributed by atoms with van der Waals surface area (Å²) < 4.78 is 12.3. The van der Waals surface area contributed by atoms with Crippen molar-refractivity contribution < 1.29 is 9.47 Å². The summed E-state index contributed by atoms with van der Waals surface area (Å²) >= 11 is 3.59. The molecule has 0 radical (unpaired) electrons. The quantitative estimate of drug-likeness (QED) is 0.479. The molecule has 1 heterocycles. The van der Waals surface area contributed by atoms with Crippen LogP contribution in [0.25, 0.3) is 0 Å². The van der Waals surface area contributed by atoms with Gasteiger partial charge in [0.15, 0.2) is 11.5 Å². The first-order chi connectivity index (χ1) is 12.2. The zero-order chi connectivity index (χ0) is 17.6.